The van der Waals surface area contributed by atoms with Gasteiger partial charge in [-0.1, -0.05) is 45.9 Å². The molecule has 0 aliphatic carbocycles. The predicted molar refractivity (Wildman–Crippen MR) is 111 cm³/mol. The van der Waals surface area contributed by atoms with Crippen molar-refractivity contribution in [1.82, 2.24) is 10.3 Å². The number of carbonyl (C=O) groups is 1. The summed E-state index contributed by atoms with van der Waals surface area (Å²) in [5.41, 5.74) is 2.10. The van der Waals surface area contributed by atoms with Crippen LogP contribution in [0.1, 0.15) is 16.1 Å². The van der Waals surface area contributed by atoms with Crippen molar-refractivity contribution in [3.05, 3.63) is 67.8 Å². The third-order valence-corrected chi connectivity index (χ3v) is 7.03. The Hall–Kier alpha value is -1.15. The van der Waals surface area contributed by atoms with Gasteiger partial charge in [-0.15, -0.1) is 22.7 Å². The number of thiophene rings is 1. The van der Waals surface area contributed by atoms with Crippen molar-refractivity contribution in [2.24, 2.45) is 0 Å². The largest absolute Gasteiger partial charge is 0.355 e. The number of nitrogens with one attached hydrogen (secondary N) is 1. The summed E-state index contributed by atoms with van der Waals surface area (Å²) in [6.45, 7) is 0.675. The first kappa shape index (κ1) is 18.6. The molecule has 3 rings (SSSR count). The van der Waals surface area contributed by atoms with E-state index in [4.69, 9.17) is 0 Å². The summed E-state index contributed by atoms with van der Waals surface area (Å²) in [6.07, 6.45) is 1.23. The van der Waals surface area contributed by atoms with Crippen LogP contribution in [0.4, 0.5) is 0 Å². The Balaban J connectivity index is 1.41. The molecule has 0 radical (unpaired) electrons. The van der Waals surface area contributed by atoms with Crippen molar-refractivity contribution >= 4 is 56.3 Å². The van der Waals surface area contributed by atoms with Crippen molar-refractivity contribution < 1.29 is 4.79 Å². The van der Waals surface area contributed by atoms with Crippen LogP contribution < -0.4 is 5.32 Å². The molecule has 0 atom stereocenters. The fourth-order valence-corrected chi connectivity index (χ4v) is 4.94. The van der Waals surface area contributed by atoms with Gasteiger partial charge in [0, 0.05) is 27.0 Å². The summed E-state index contributed by atoms with van der Waals surface area (Å²) >= 11 is 8.47. The quantitative estimate of drug-likeness (QED) is 0.479. The molecule has 1 aromatic carbocycles. The number of hydrogen-bond donors (Lipinski definition) is 1. The monoisotopic (exact) mass is 452 g/mol. The topological polar surface area (TPSA) is 42.0 Å². The highest BCUT2D eigenvalue weighted by Crippen LogP contribution is 2.26. The third-order valence-electron chi connectivity index (χ3n) is 3.42. The molecule has 25 heavy (non-hydrogen) atoms. The van der Waals surface area contributed by atoms with Gasteiger partial charge in [0.05, 0.1) is 12.1 Å². The van der Waals surface area contributed by atoms with Gasteiger partial charge in [-0.25, -0.2) is 4.98 Å². The number of halogens is 1. The molecule has 0 unspecified atom stereocenters. The number of carbonyl (C=O) groups excluding carboxylic acids is 1. The molecule has 130 valence electrons. The average molecular weight is 453 g/mol. The number of benzene rings is 1. The Bertz CT molecular complexity index is 800. The number of thioether (sulfide) groups is 1. The van der Waals surface area contributed by atoms with Crippen LogP contribution in [0.2, 0.25) is 0 Å². The molecule has 1 amide bonds. The van der Waals surface area contributed by atoms with Crippen molar-refractivity contribution in [3.63, 3.8) is 0 Å². The van der Waals surface area contributed by atoms with Crippen LogP contribution in [-0.4, -0.2) is 17.4 Å². The van der Waals surface area contributed by atoms with Crippen LogP contribution in [-0.2, 0) is 23.4 Å². The van der Waals surface area contributed by atoms with E-state index in [1.54, 1.807) is 34.4 Å². The number of thiazole rings is 1. The zero-order valence-corrected chi connectivity index (χ0v) is 17.4. The van der Waals surface area contributed by atoms with E-state index < -0.39 is 0 Å². The zero-order valence-electron chi connectivity index (χ0n) is 13.4. The Labute approximate surface area is 168 Å². The van der Waals surface area contributed by atoms with Crippen LogP contribution in [0.15, 0.2) is 56.0 Å². The van der Waals surface area contributed by atoms with Gasteiger partial charge in [0.15, 0.2) is 0 Å². The van der Waals surface area contributed by atoms with Gasteiger partial charge >= 0.3 is 0 Å². The summed E-state index contributed by atoms with van der Waals surface area (Å²) in [5.74, 6) is 0.916. The molecule has 0 saturated carbocycles. The highest BCUT2D eigenvalue weighted by molar-refractivity contribution is 9.10. The minimum absolute atomic E-state index is 0.0336. The van der Waals surface area contributed by atoms with E-state index in [9.17, 15) is 4.79 Å². The number of rotatable bonds is 8. The summed E-state index contributed by atoms with van der Waals surface area (Å²) in [5, 5.41) is 6.99. The lowest BCUT2D eigenvalue weighted by molar-refractivity contribution is -0.120. The van der Waals surface area contributed by atoms with Gasteiger partial charge in [-0.3, -0.25) is 4.79 Å². The fraction of sp³-hybridized carbons (Fsp3) is 0.222. The summed E-state index contributed by atoms with van der Waals surface area (Å²) in [4.78, 5) is 17.9. The maximum absolute atomic E-state index is 12.0. The van der Waals surface area contributed by atoms with Crippen molar-refractivity contribution in [2.45, 2.75) is 22.9 Å². The van der Waals surface area contributed by atoms with Crippen LogP contribution in [0.25, 0.3) is 0 Å². The Morgan fingerprint density at radius 2 is 2.04 bits per heavy atom. The lowest BCUT2D eigenvalue weighted by Crippen LogP contribution is -2.27. The lowest BCUT2D eigenvalue weighted by atomic mass is 10.2. The van der Waals surface area contributed by atoms with Crippen LogP contribution in [0.3, 0.4) is 0 Å². The maximum atomic E-state index is 12.0. The molecular formula is C18H17BrN2OS3. The van der Waals surface area contributed by atoms with E-state index >= 15 is 0 Å². The average Bonchev–Trinajstić information content (AvgIpc) is 3.26. The van der Waals surface area contributed by atoms with Crippen molar-refractivity contribution in [3.8, 4) is 0 Å². The Morgan fingerprint density at radius 3 is 2.80 bits per heavy atom. The second-order valence-corrected chi connectivity index (χ2v) is 9.40. The van der Waals surface area contributed by atoms with Gasteiger partial charge in [-0.2, -0.15) is 0 Å². The number of hydrogen-bond acceptors (Lipinski definition) is 5. The van der Waals surface area contributed by atoms with Crippen LogP contribution >= 0.6 is 50.4 Å². The second-order valence-electron chi connectivity index (χ2n) is 5.38. The van der Waals surface area contributed by atoms with E-state index in [0.717, 1.165) is 26.7 Å². The first-order valence-corrected chi connectivity index (χ1v) is 11.3. The molecule has 0 aliphatic heterocycles. The molecule has 0 saturated heterocycles. The zero-order chi connectivity index (χ0) is 17.5. The van der Waals surface area contributed by atoms with E-state index in [1.807, 2.05) is 23.6 Å². The third kappa shape index (κ3) is 6.26. The first-order chi connectivity index (χ1) is 12.2. The second kappa shape index (κ2) is 9.52. The molecular weight excluding hydrogens is 436 g/mol. The minimum Gasteiger partial charge on any atom is -0.355 e. The van der Waals surface area contributed by atoms with Crippen molar-refractivity contribution in [2.75, 3.05) is 6.54 Å². The summed E-state index contributed by atoms with van der Waals surface area (Å²) < 4.78 is 2.09. The predicted octanol–water partition coefficient (Wildman–Crippen LogP) is 5.16. The molecule has 0 fully saturated rings. The van der Waals surface area contributed by atoms with E-state index in [2.05, 4.69) is 49.8 Å². The van der Waals surface area contributed by atoms with E-state index in [0.29, 0.717) is 13.0 Å². The molecule has 1 N–H and O–H groups in total. The molecule has 3 nitrogen and oxygen atoms in total. The Morgan fingerprint density at radius 1 is 1.20 bits per heavy atom. The normalized spacial score (nSPS) is 10.8. The van der Waals surface area contributed by atoms with Crippen LogP contribution in [0, 0.1) is 0 Å². The van der Waals surface area contributed by atoms with Gasteiger partial charge in [0.25, 0.3) is 0 Å². The van der Waals surface area contributed by atoms with Gasteiger partial charge in [0.2, 0.25) is 5.91 Å². The molecule has 0 aliphatic rings. The highest BCUT2D eigenvalue weighted by Gasteiger charge is 2.08. The number of nitrogens with zero attached hydrogens (tertiary/aromatic N) is 1. The lowest BCUT2D eigenvalue weighted by Gasteiger charge is -2.02. The molecule has 3 aromatic rings. The first-order valence-electron chi connectivity index (χ1n) is 7.80. The maximum Gasteiger partial charge on any atom is 0.226 e. The van der Waals surface area contributed by atoms with E-state index in [-0.39, 0.29) is 5.91 Å². The standard InChI is InChI=1S/C18H17BrN2OS3/c19-14-5-3-13(4-6-14)11-24-18-21-15(12-25-18)10-17(22)20-8-7-16-2-1-9-23-16/h1-6,9,12H,7-8,10-11H2,(H,20,22). The van der Waals surface area contributed by atoms with Gasteiger partial charge < -0.3 is 5.32 Å². The Kier molecular flexibility index (Phi) is 7.10. The summed E-state index contributed by atoms with van der Waals surface area (Å²) in [7, 11) is 0. The molecule has 0 spiro atoms. The smallest absolute Gasteiger partial charge is 0.226 e. The molecule has 0 bridgehead atoms. The number of aromatic nitrogens is 1. The fourth-order valence-electron chi connectivity index (χ4n) is 2.17. The van der Waals surface area contributed by atoms with E-state index in [1.165, 1.54) is 10.4 Å². The highest BCUT2D eigenvalue weighted by atomic mass is 79.9. The SMILES string of the molecule is O=C(Cc1csc(SCc2ccc(Br)cc2)n1)NCCc1cccs1. The van der Waals surface area contributed by atoms with Crippen LogP contribution in [0.5, 0.6) is 0 Å². The molecule has 2 aromatic heterocycles. The van der Waals surface area contributed by atoms with Gasteiger partial charge in [0.1, 0.15) is 4.34 Å². The number of amides is 1. The molecule has 2 heterocycles. The minimum atomic E-state index is 0.0336. The van der Waals surface area contributed by atoms with Crippen molar-refractivity contribution in [1.29, 1.82) is 0 Å². The summed E-state index contributed by atoms with van der Waals surface area (Å²) in [6, 6.07) is 12.4. The molecule has 7 heteroatoms. The van der Waals surface area contributed by atoms with Gasteiger partial charge in [-0.05, 0) is 35.6 Å².